The molecule has 0 atom stereocenters. The van der Waals surface area contributed by atoms with Crippen LogP contribution in [0, 0.1) is 0 Å². The maximum absolute atomic E-state index is 7.32. The summed E-state index contributed by atoms with van der Waals surface area (Å²) in [5.74, 6) is 2.05. The van der Waals surface area contributed by atoms with E-state index in [4.69, 9.17) is 5.63 Å². The summed E-state index contributed by atoms with van der Waals surface area (Å²) in [7, 11) is -3.20. The Balaban J connectivity index is 1.89. The van der Waals surface area contributed by atoms with Crippen LogP contribution in [0.4, 0.5) is 0 Å². The third-order valence-corrected chi connectivity index (χ3v) is 18.8. The molecule has 0 aromatic heterocycles. The summed E-state index contributed by atoms with van der Waals surface area (Å²) in [6, 6.07) is 17.4. The van der Waals surface area contributed by atoms with Crippen LogP contribution in [0.25, 0.3) is 0 Å². The van der Waals surface area contributed by atoms with Gasteiger partial charge in [0.25, 0.3) is 0 Å². The van der Waals surface area contributed by atoms with Gasteiger partial charge in [-0.3, -0.25) is 0 Å². The van der Waals surface area contributed by atoms with Gasteiger partial charge < -0.3 is 0 Å². The fourth-order valence-electron chi connectivity index (χ4n) is 4.53. The maximum atomic E-state index is 7.32. The Morgan fingerprint density at radius 2 is 1.00 bits per heavy atom. The van der Waals surface area contributed by atoms with E-state index in [-0.39, 0.29) is 0 Å². The molecule has 0 unspecified atom stereocenters. The summed E-state index contributed by atoms with van der Waals surface area (Å²) in [5, 5.41) is 2.73. The molecule has 0 N–H and O–H groups in total. The van der Waals surface area contributed by atoms with Crippen molar-refractivity contribution >= 4 is 26.5 Å². The molecular weight excluding hydrogens is 516 g/mol. The summed E-state index contributed by atoms with van der Waals surface area (Å²) < 4.78 is 17.4. The first-order valence-electron chi connectivity index (χ1n) is 11.9. The average Bonchev–Trinajstić information content (AvgIpc) is 3.47. The molecule has 4 rings (SSSR count). The van der Waals surface area contributed by atoms with Crippen LogP contribution >= 0.6 is 0 Å². The van der Waals surface area contributed by atoms with Gasteiger partial charge in [0, 0.05) is 0 Å². The molecule has 172 valence electrons. The minimum atomic E-state index is -4.02. The minimum absolute atomic E-state index is 0.914. The summed E-state index contributed by atoms with van der Waals surface area (Å²) >= 11 is -4.02. The first-order chi connectivity index (χ1) is 15.6. The van der Waals surface area contributed by atoms with E-state index in [1.807, 2.05) is 0 Å². The Labute approximate surface area is 207 Å². The summed E-state index contributed by atoms with van der Waals surface area (Å²) in [5.41, 5.74) is 0. The van der Waals surface area contributed by atoms with Gasteiger partial charge in [-0.15, -0.1) is 0 Å². The summed E-state index contributed by atoms with van der Waals surface area (Å²) in [6.45, 7) is 14.3. The van der Waals surface area contributed by atoms with Crippen molar-refractivity contribution in [3.05, 3.63) is 91.5 Å². The first-order valence-corrected chi connectivity index (χ1v) is 23.4. The fraction of sp³-hybridized carbons (Fsp3) is 0.286. The Kier molecular flexibility index (Phi) is 7.05. The van der Waals surface area contributed by atoms with Crippen LogP contribution < -0.4 is 16.0 Å². The Morgan fingerprint density at radius 3 is 1.33 bits per heavy atom. The monoisotopic (exact) mass is 550 g/mol. The number of benzene rings is 2. The van der Waals surface area contributed by atoms with Gasteiger partial charge in [0.05, 0.1) is 0 Å². The topological polar surface area (TPSA) is 18.5 Å². The van der Waals surface area contributed by atoms with E-state index in [0.717, 1.165) is 24.3 Å². The normalized spacial score (nSPS) is 16.1. The Bertz CT molecular complexity index is 1060. The average molecular weight is 552 g/mol. The van der Waals surface area contributed by atoms with Gasteiger partial charge in [-0.2, -0.15) is 0 Å². The second kappa shape index (κ2) is 9.52. The third kappa shape index (κ3) is 5.21. The van der Waals surface area contributed by atoms with Crippen molar-refractivity contribution in [2.75, 3.05) is 0 Å². The number of rotatable bonds is 8. The third-order valence-electron chi connectivity index (χ3n) is 6.29. The zero-order valence-corrected chi connectivity index (χ0v) is 25.3. The van der Waals surface area contributed by atoms with Crippen molar-refractivity contribution in [2.24, 2.45) is 0 Å². The van der Waals surface area contributed by atoms with E-state index in [1.165, 1.54) is 16.9 Å². The van der Waals surface area contributed by atoms with E-state index in [9.17, 15) is 0 Å². The van der Waals surface area contributed by atoms with E-state index in [2.05, 4.69) is 124 Å². The fourth-order valence-corrected chi connectivity index (χ4v) is 16.2. The van der Waals surface area contributed by atoms with Gasteiger partial charge in [-0.1, -0.05) is 0 Å². The van der Waals surface area contributed by atoms with Crippen LogP contribution in [-0.2, 0) is 21.1 Å². The molecule has 0 bridgehead atoms. The van der Waals surface area contributed by atoms with E-state index in [1.54, 1.807) is 0 Å². The van der Waals surface area contributed by atoms with Gasteiger partial charge in [0.1, 0.15) is 0 Å². The zero-order valence-electron chi connectivity index (χ0n) is 20.8. The molecule has 0 radical (unpaired) electrons. The molecule has 33 heavy (non-hydrogen) atoms. The van der Waals surface area contributed by atoms with Crippen molar-refractivity contribution in [2.45, 2.75) is 52.1 Å². The second-order valence-corrected chi connectivity index (χ2v) is 28.2. The zero-order chi connectivity index (χ0) is 23.7. The van der Waals surface area contributed by atoms with Crippen LogP contribution in [0.15, 0.2) is 91.5 Å². The molecule has 2 aromatic carbocycles. The van der Waals surface area contributed by atoms with Crippen LogP contribution in [0.2, 0.25) is 39.3 Å². The van der Waals surface area contributed by atoms with E-state index in [0.29, 0.717) is 0 Å². The molecule has 5 heteroatoms. The molecule has 0 spiro atoms. The Morgan fingerprint density at radius 1 is 0.606 bits per heavy atom. The Hall–Kier alpha value is -1.68. The molecule has 0 saturated heterocycles. The molecule has 2 aliphatic rings. The number of allylic oxidation sites excluding steroid dienone is 8. The number of hydrogen-bond donors (Lipinski definition) is 0. The summed E-state index contributed by atoms with van der Waals surface area (Å²) in [4.78, 5) is 0. The van der Waals surface area contributed by atoms with Gasteiger partial charge in [0.2, 0.25) is 0 Å². The van der Waals surface area contributed by atoms with Crippen molar-refractivity contribution in [3.63, 3.8) is 0 Å². The quantitative estimate of drug-likeness (QED) is 0.332. The van der Waals surface area contributed by atoms with E-state index >= 15 is 0 Å². The van der Waals surface area contributed by atoms with Crippen molar-refractivity contribution in [1.29, 1.82) is 0 Å². The van der Waals surface area contributed by atoms with E-state index < -0.39 is 37.3 Å². The standard InChI is InChI=1S/2C9H14OSi.2C5H5.Zr/c2*1-11(2,3)9-7-5-4-6-8(9)10;2*1-2-4-5-3-1;/h2*4-7,10H,1-3H3;2*1-3H,4H2;/q;;;;+2/p-2. The molecule has 2 aliphatic carbocycles. The van der Waals surface area contributed by atoms with Gasteiger partial charge in [0.15, 0.2) is 0 Å². The van der Waals surface area contributed by atoms with Crippen LogP contribution in [-0.4, -0.2) is 16.1 Å². The molecule has 2 aromatic rings. The molecule has 0 fully saturated rings. The van der Waals surface area contributed by atoms with Crippen LogP contribution in [0.1, 0.15) is 12.8 Å². The summed E-state index contributed by atoms with van der Waals surface area (Å²) in [6.07, 6.45) is 15.2. The SMILES string of the molecule is C[Si](C)(C)c1ccccc1[O][Zr]([O]c1ccccc1[Si](C)(C)C)([C]1=CC=CC1)[C]1=CC=CC1. The van der Waals surface area contributed by atoms with Crippen LogP contribution in [0.3, 0.4) is 0 Å². The second-order valence-electron chi connectivity index (χ2n) is 11.0. The molecular formula is C28H36O2Si2Zr. The number of hydrogen-bond acceptors (Lipinski definition) is 2. The van der Waals surface area contributed by atoms with Crippen molar-refractivity contribution < 1.29 is 26.8 Å². The van der Waals surface area contributed by atoms with Gasteiger partial charge in [-0.05, 0) is 0 Å². The van der Waals surface area contributed by atoms with Gasteiger partial charge in [-0.25, -0.2) is 0 Å². The number of para-hydroxylation sites is 2. The molecule has 0 aliphatic heterocycles. The predicted octanol–water partition coefficient (Wildman–Crippen LogP) is 6.91. The molecule has 0 saturated carbocycles. The van der Waals surface area contributed by atoms with Crippen molar-refractivity contribution in [1.82, 2.24) is 0 Å². The van der Waals surface area contributed by atoms with Crippen LogP contribution in [0.5, 0.6) is 11.5 Å². The first kappa shape index (κ1) is 24.4. The molecule has 2 nitrogen and oxygen atoms in total. The predicted molar refractivity (Wildman–Crippen MR) is 144 cm³/mol. The van der Waals surface area contributed by atoms with Gasteiger partial charge >= 0.3 is 208 Å². The molecule has 0 heterocycles. The van der Waals surface area contributed by atoms with Crippen molar-refractivity contribution in [3.8, 4) is 11.5 Å². The molecule has 0 amide bonds.